The van der Waals surface area contributed by atoms with E-state index in [0.717, 1.165) is 22.3 Å². The number of aromatic nitrogens is 4. The number of nitrogens with zero attached hydrogens (tertiary/aromatic N) is 4. The molecule has 0 radical (unpaired) electrons. The predicted octanol–water partition coefficient (Wildman–Crippen LogP) is 2.36. The summed E-state index contributed by atoms with van der Waals surface area (Å²) in [5, 5.41) is 4.91. The summed E-state index contributed by atoms with van der Waals surface area (Å²) in [7, 11) is 1.90. The van der Waals surface area contributed by atoms with Gasteiger partial charge in [0.15, 0.2) is 0 Å². The second-order valence-corrected chi connectivity index (χ2v) is 5.46. The van der Waals surface area contributed by atoms with Crippen molar-refractivity contribution in [2.75, 3.05) is 0 Å². The third kappa shape index (κ3) is 2.14. The zero-order chi connectivity index (χ0) is 15.1. The fourth-order valence-corrected chi connectivity index (χ4v) is 2.60. The molecular weight excluding hydrogens is 264 g/mol. The second kappa shape index (κ2) is 4.84. The van der Waals surface area contributed by atoms with Gasteiger partial charge in [0.05, 0.1) is 29.5 Å². The normalized spacial score (nSPS) is 12.8. The summed E-state index contributed by atoms with van der Waals surface area (Å²) < 4.78 is 3.49. The molecule has 3 rings (SSSR count). The van der Waals surface area contributed by atoms with Crippen molar-refractivity contribution in [1.29, 1.82) is 0 Å². The van der Waals surface area contributed by atoms with E-state index in [2.05, 4.69) is 10.1 Å². The minimum atomic E-state index is -0.0939. The summed E-state index contributed by atoms with van der Waals surface area (Å²) in [4.78, 5) is 17.1. The smallest absolute Gasteiger partial charge is 0.261 e. The molecule has 2 aromatic heterocycles. The van der Waals surface area contributed by atoms with Gasteiger partial charge < -0.3 is 0 Å². The first-order chi connectivity index (χ1) is 9.99. The fourth-order valence-electron chi connectivity index (χ4n) is 2.60. The number of fused-ring (bicyclic) bond motifs is 1. The van der Waals surface area contributed by atoms with Gasteiger partial charge in [-0.15, -0.1) is 0 Å². The summed E-state index contributed by atoms with van der Waals surface area (Å²) in [5.41, 5.74) is 3.87. The zero-order valence-electron chi connectivity index (χ0n) is 12.7. The van der Waals surface area contributed by atoms with Crippen molar-refractivity contribution < 1.29 is 0 Å². The highest BCUT2D eigenvalue weighted by Gasteiger charge is 2.16. The number of rotatable bonds is 2. The van der Waals surface area contributed by atoms with E-state index in [4.69, 9.17) is 0 Å². The number of benzene rings is 1. The third-order valence-corrected chi connectivity index (χ3v) is 4.08. The van der Waals surface area contributed by atoms with E-state index < -0.39 is 0 Å². The molecule has 0 aliphatic heterocycles. The van der Waals surface area contributed by atoms with E-state index in [9.17, 15) is 4.79 Å². The van der Waals surface area contributed by atoms with Gasteiger partial charge in [-0.3, -0.25) is 14.0 Å². The fraction of sp³-hybridized carbons (Fsp3) is 0.312. The van der Waals surface area contributed by atoms with E-state index >= 15 is 0 Å². The molecule has 5 heteroatoms. The molecule has 1 aromatic carbocycles. The number of hydrogen-bond acceptors (Lipinski definition) is 3. The Hall–Kier alpha value is -2.43. The average molecular weight is 282 g/mol. The quantitative estimate of drug-likeness (QED) is 0.725. The Balaban J connectivity index is 2.19. The van der Waals surface area contributed by atoms with Crippen LogP contribution in [0.15, 0.2) is 35.5 Å². The molecule has 108 valence electrons. The van der Waals surface area contributed by atoms with E-state index in [1.165, 1.54) is 0 Å². The van der Waals surface area contributed by atoms with E-state index in [1.807, 2.05) is 56.9 Å². The lowest BCUT2D eigenvalue weighted by molar-refractivity contribution is 0.603. The van der Waals surface area contributed by atoms with Crippen LogP contribution >= 0.6 is 0 Å². The molecule has 0 bridgehead atoms. The standard InChI is InChI=1S/C16H18N4O/c1-10-5-6-15-13(7-10)16(21)20(9-17-15)12(3)14-8-18-19(4)11(14)2/h5-9,12H,1-4H3/t12-/m1/s1. The van der Waals surface area contributed by atoms with Crippen molar-refractivity contribution >= 4 is 10.9 Å². The predicted molar refractivity (Wildman–Crippen MR) is 82.5 cm³/mol. The molecule has 0 unspecified atom stereocenters. The van der Waals surface area contributed by atoms with Gasteiger partial charge in [-0.1, -0.05) is 11.6 Å². The van der Waals surface area contributed by atoms with E-state index in [1.54, 1.807) is 10.9 Å². The Labute approximate surface area is 122 Å². The van der Waals surface area contributed by atoms with Gasteiger partial charge in [0.2, 0.25) is 0 Å². The summed E-state index contributed by atoms with van der Waals surface area (Å²) in [6.07, 6.45) is 3.43. The lowest BCUT2D eigenvalue weighted by Gasteiger charge is -2.15. The molecule has 0 amide bonds. The highest BCUT2D eigenvalue weighted by Crippen LogP contribution is 2.20. The third-order valence-electron chi connectivity index (χ3n) is 4.08. The van der Waals surface area contributed by atoms with Crippen molar-refractivity contribution in [3.8, 4) is 0 Å². The van der Waals surface area contributed by atoms with Crippen molar-refractivity contribution in [2.24, 2.45) is 7.05 Å². The maximum Gasteiger partial charge on any atom is 0.261 e. The molecule has 0 saturated heterocycles. The number of hydrogen-bond donors (Lipinski definition) is 0. The topological polar surface area (TPSA) is 52.7 Å². The van der Waals surface area contributed by atoms with Gasteiger partial charge in [-0.2, -0.15) is 5.10 Å². The molecule has 1 atom stereocenters. The molecule has 0 spiro atoms. The Kier molecular flexibility index (Phi) is 3.12. The largest absolute Gasteiger partial charge is 0.291 e. The van der Waals surface area contributed by atoms with Crippen molar-refractivity contribution in [3.63, 3.8) is 0 Å². The van der Waals surface area contributed by atoms with Crippen molar-refractivity contribution in [3.05, 3.63) is 57.9 Å². The Bertz CT molecular complexity index is 876. The Morgan fingerprint density at radius 3 is 2.67 bits per heavy atom. The highest BCUT2D eigenvalue weighted by atomic mass is 16.1. The van der Waals surface area contributed by atoms with Crippen LogP contribution in [0.4, 0.5) is 0 Å². The molecule has 0 fully saturated rings. The monoisotopic (exact) mass is 282 g/mol. The Morgan fingerprint density at radius 2 is 2.00 bits per heavy atom. The first-order valence-electron chi connectivity index (χ1n) is 6.95. The van der Waals surface area contributed by atoms with Gasteiger partial charge in [0.25, 0.3) is 5.56 Å². The van der Waals surface area contributed by atoms with Crippen LogP contribution in [-0.2, 0) is 7.05 Å². The van der Waals surface area contributed by atoms with Gasteiger partial charge in [-0.25, -0.2) is 4.98 Å². The summed E-state index contributed by atoms with van der Waals surface area (Å²) in [6.45, 7) is 5.97. The molecule has 3 aromatic rings. The van der Waals surface area contributed by atoms with Gasteiger partial charge >= 0.3 is 0 Å². The van der Waals surface area contributed by atoms with Crippen LogP contribution in [0.1, 0.15) is 29.8 Å². The Morgan fingerprint density at radius 1 is 1.24 bits per heavy atom. The minimum Gasteiger partial charge on any atom is -0.291 e. The van der Waals surface area contributed by atoms with Crippen LogP contribution in [-0.4, -0.2) is 19.3 Å². The van der Waals surface area contributed by atoms with Gasteiger partial charge in [0.1, 0.15) is 0 Å². The van der Waals surface area contributed by atoms with Crippen LogP contribution in [0, 0.1) is 13.8 Å². The SMILES string of the molecule is Cc1ccc2ncn([C@H](C)c3cnn(C)c3C)c(=O)c2c1. The lowest BCUT2D eigenvalue weighted by Crippen LogP contribution is -2.24. The van der Waals surface area contributed by atoms with Crippen LogP contribution < -0.4 is 5.56 Å². The van der Waals surface area contributed by atoms with Gasteiger partial charge in [0, 0.05) is 18.3 Å². The molecule has 0 saturated carbocycles. The maximum absolute atomic E-state index is 12.7. The van der Waals surface area contributed by atoms with Crippen LogP contribution in [0.3, 0.4) is 0 Å². The molecule has 5 nitrogen and oxygen atoms in total. The van der Waals surface area contributed by atoms with Crippen molar-refractivity contribution in [1.82, 2.24) is 19.3 Å². The summed E-state index contributed by atoms with van der Waals surface area (Å²) in [6, 6.07) is 5.65. The first-order valence-corrected chi connectivity index (χ1v) is 6.95. The lowest BCUT2D eigenvalue weighted by atomic mass is 10.1. The molecule has 0 aliphatic carbocycles. The molecule has 0 N–H and O–H groups in total. The van der Waals surface area contributed by atoms with Crippen LogP contribution in [0.2, 0.25) is 0 Å². The van der Waals surface area contributed by atoms with Crippen molar-refractivity contribution in [2.45, 2.75) is 26.8 Å². The van der Waals surface area contributed by atoms with Gasteiger partial charge in [-0.05, 0) is 32.9 Å². The van der Waals surface area contributed by atoms with E-state index in [-0.39, 0.29) is 11.6 Å². The molecule has 0 aliphatic rings. The minimum absolute atomic E-state index is 0.0144. The molecular formula is C16H18N4O. The molecule has 2 heterocycles. The maximum atomic E-state index is 12.7. The first kappa shape index (κ1) is 13.5. The summed E-state index contributed by atoms with van der Waals surface area (Å²) in [5.74, 6) is 0. The zero-order valence-corrected chi connectivity index (χ0v) is 12.7. The average Bonchev–Trinajstić information content (AvgIpc) is 2.79. The van der Waals surface area contributed by atoms with E-state index in [0.29, 0.717) is 5.39 Å². The number of aryl methyl sites for hydroxylation is 2. The van der Waals surface area contributed by atoms with Crippen LogP contribution in [0.5, 0.6) is 0 Å². The summed E-state index contributed by atoms with van der Waals surface area (Å²) >= 11 is 0. The second-order valence-electron chi connectivity index (χ2n) is 5.46. The highest BCUT2D eigenvalue weighted by molar-refractivity contribution is 5.78. The van der Waals surface area contributed by atoms with Crippen LogP contribution in [0.25, 0.3) is 10.9 Å². The molecule has 21 heavy (non-hydrogen) atoms.